The lowest BCUT2D eigenvalue weighted by molar-refractivity contribution is 0.560. The molecule has 0 amide bonds. The minimum absolute atomic E-state index is 0.325. The second-order valence-electron chi connectivity index (χ2n) is 5.99. The van der Waals surface area contributed by atoms with Gasteiger partial charge in [0.25, 0.3) is 0 Å². The maximum absolute atomic E-state index is 11.7. The molecule has 24 heavy (non-hydrogen) atoms. The van der Waals surface area contributed by atoms with E-state index in [0.29, 0.717) is 5.58 Å². The maximum Gasteiger partial charge on any atom is 0.336 e. The standard InChI is InChI=1S/C21H17NO2/c1-3-15-10-17(14-7-5-4-6-8-14)18-11-16-13(2)9-21(23)24-20(16)12-19(18)22-15/h4-12H,3H2,1-2H3. The lowest BCUT2D eigenvalue weighted by Crippen LogP contribution is -1.99. The Morgan fingerprint density at radius 1 is 1.00 bits per heavy atom. The molecule has 2 heterocycles. The van der Waals surface area contributed by atoms with E-state index in [-0.39, 0.29) is 5.63 Å². The van der Waals surface area contributed by atoms with Crippen LogP contribution in [0.5, 0.6) is 0 Å². The van der Waals surface area contributed by atoms with Gasteiger partial charge in [-0.1, -0.05) is 37.3 Å². The second-order valence-corrected chi connectivity index (χ2v) is 5.99. The third kappa shape index (κ3) is 2.38. The number of nitrogens with zero attached hydrogens (tertiary/aromatic N) is 1. The first-order valence-electron chi connectivity index (χ1n) is 8.09. The van der Waals surface area contributed by atoms with Crippen molar-refractivity contribution in [1.82, 2.24) is 4.98 Å². The van der Waals surface area contributed by atoms with Crippen LogP contribution in [0.4, 0.5) is 0 Å². The van der Waals surface area contributed by atoms with Crippen molar-refractivity contribution in [2.45, 2.75) is 20.3 Å². The molecule has 4 aromatic rings. The fourth-order valence-electron chi connectivity index (χ4n) is 3.13. The van der Waals surface area contributed by atoms with Gasteiger partial charge in [-0.2, -0.15) is 0 Å². The van der Waals surface area contributed by atoms with Gasteiger partial charge >= 0.3 is 5.63 Å². The zero-order valence-corrected chi connectivity index (χ0v) is 13.7. The Hall–Kier alpha value is -2.94. The topological polar surface area (TPSA) is 43.1 Å². The largest absolute Gasteiger partial charge is 0.423 e. The van der Waals surface area contributed by atoms with E-state index >= 15 is 0 Å². The van der Waals surface area contributed by atoms with E-state index in [0.717, 1.165) is 45.1 Å². The minimum atomic E-state index is -0.325. The van der Waals surface area contributed by atoms with Crippen molar-refractivity contribution in [3.63, 3.8) is 0 Å². The molecular weight excluding hydrogens is 298 g/mol. The molecule has 3 heteroatoms. The summed E-state index contributed by atoms with van der Waals surface area (Å²) in [6.45, 7) is 4.02. The van der Waals surface area contributed by atoms with Crippen LogP contribution >= 0.6 is 0 Å². The number of rotatable bonds is 2. The number of hydrogen-bond acceptors (Lipinski definition) is 3. The SMILES string of the molecule is CCc1cc(-c2ccccc2)c2cc3c(C)cc(=O)oc3cc2n1. The molecular formula is C21H17NO2. The second kappa shape index (κ2) is 5.60. The lowest BCUT2D eigenvalue weighted by Gasteiger charge is -2.11. The van der Waals surface area contributed by atoms with Crippen LogP contribution in [0.1, 0.15) is 18.2 Å². The van der Waals surface area contributed by atoms with Crippen molar-refractivity contribution >= 4 is 21.9 Å². The predicted octanol–water partition coefficient (Wildman–Crippen LogP) is 4.88. The Balaban J connectivity index is 2.14. The van der Waals surface area contributed by atoms with E-state index in [1.54, 1.807) is 0 Å². The van der Waals surface area contributed by atoms with Crippen LogP contribution in [0.3, 0.4) is 0 Å². The van der Waals surface area contributed by atoms with E-state index in [9.17, 15) is 4.79 Å². The Bertz CT molecular complexity index is 1110. The number of aryl methyl sites for hydroxylation is 2. The summed E-state index contributed by atoms with van der Waals surface area (Å²) < 4.78 is 5.37. The van der Waals surface area contributed by atoms with E-state index in [2.05, 4.69) is 31.2 Å². The molecule has 0 N–H and O–H groups in total. The molecule has 118 valence electrons. The van der Waals surface area contributed by atoms with E-state index in [1.165, 1.54) is 6.07 Å². The minimum Gasteiger partial charge on any atom is -0.423 e. The highest BCUT2D eigenvalue weighted by molar-refractivity contribution is 6.02. The average Bonchev–Trinajstić information content (AvgIpc) is 2.60. The summed E-state index contributed by atoms with van der Waals surface area (Å²) >= 11 is 0. The fraction of sp³-hybridized carbons (Fsp3) is 0.143. The van der Waals surface area contributed by atoms with Crippen LogP contribution in [-0.2, 0) is 6.42 Å². The molecule has 3 nitrogen and oxygen atoms in total. The van der Waals surface area contributed by atoms with Crippen LogP contribution in [0.2, 0.25) is 0 Å². The third-order valence-electron chi connectivity index (χ3n) is 4.38. The number of fused-ring (bicyclic) bond motifs is 2. The lowest BCUT2D eigenvalue weighted by atomic mass is 9.97. The van der Waals surface area contributed by atoms with Gasteiger partial charge in [0.1, 0.15) is 5.58 Å². The molecule has 0 aliphatic carbocycles. The van der Waals surface area contributed by atoms with Crippen molar-refractivity contribution in [2.24, 2.45) is 0 Å². The molecule has 0 atom stereocenters. The van der Waals surface area contributed by atoms with Gasteiger partial charge in [-0.3, -0.25) is 4.98 Å². The Kier molecular flexibility index (Phi) is 3.42. The molecule has 0 radical (unpaired) electrons. The van der Waals surface area contributed by atoms with E-state index in [4.69, 9.17) is 9.40 Å². The molecule has 0 saturated heterocycles. The van der Waals surface area contributed by atoms with Crippen LogP contribution in [0.15, 0.2) is 63.8 Å². The summed E-state index contributed by atoms with van der Waals surface area (Å²) in [5.74, 6) is 0. The van der Waals surface area contributed by atoms with Gasteiger partial charge in [0.15, 0.2) is 0 Å². The molecule has 0 fully saturated rings. The summed E-state index contributed by atoms with van der Waals surface area (Å²) in [6, 6.07) is 18.0. The van der Waals surface area contributed by atoms with Crippen LogP contribution in [-0.4, -0.2) is 4.98 Å². The Morgan fingerprint density at radius 3 is 2.54 bits per heavy atom. The highest BCUT2D eigenvalue weighted by Crippen LogP contribution is 2.32. The monoisotopic (exact) mass is 315 g/mol. The van der Waals surface area contributed by atoms with Gasteiger partial charge in [0, 0.05) is 28.6 Å². The van der Waals surface area contributed by atoms with Crippen LogP contribution in [0, 0.1) is 6.92 Å². The van der Waals surface area contributed by atoms with Crippen molar-refractivity contribution in [3.05, 3.63) is 76.3 Å². The van der Waals surface area contributed by atoms with E-state index in [1.807, 2.05) is 31.2 Å². The average molecular weight is 315 g/mol. The van der Waals surface area contributed by atoms with Gasteiger partial charge in [0.2, 0.25) is 0 Å². The molecule has 0 spiro atoms. The first-order valence-corrected chi connectivity index (χ1v) is 8.09. The number of aromatic nitrogens is 1. The van der Waals surface area contributed by atoms with Crippen molar-refractivity contribution in [1.29, 1.82) is 0 Å². The quantitative estimate of drug-likeness (QED) is 0.391. The first-order chi connectivity index (χ1) is 11.7. The Morgan fingerprint density at radius 2 is 1.79 bits per heavy atom. The summed E-state index contributed by atoms with van der Waals surface area (Å²) in [5.41, 5.74) is 5.38. The molecule has 0 saturated carbocycles. The normalized spacial score (nSPS) is 11.2. The Labute approximate surface area is 139 Å². The van der Waals surface area contributed by atoms with E-state index < -0.39 is 0 Å². The highest BCUT2D eigenvalue weighted by Gasteiger charge is 2.11. The highest BCUT2D eigenvalue weighted by atomic mass is 16.4. The number of pyridine rings is 1. The zero-order chi connectivity index (χ0) is 16.7. The zero-order valence-electron chi connectivity index (χ0n) is 13.7. The summed E-state index contributed by atoms with van der Waals surface area (Å²) in [4.78, 5) is 16.4. The van der Waals surface area contributed by atoms with Crippen LogP contribution < -0.4 is 5.63 Å². The number of benzene rings is 2. The summed E-state index contributed by atoms with van der Waals surface area (Å²) in [6.07, 6.45) is 0.853. The fourth-order valence-corrected chi connectivity index (χ4v) is 3.13. The van der Waals surface area contributed by atoms with Gasteiger partial charge in [0.05, 0.1) is 5.52 Å². The van der Waals surface area contributed by atoms with Crippen molar-refractivity contribution in [3.8, 4) is 11.1 Å². The molecule has 0 aliphatic heterocycles. The van der Waals surface area contributed by atoms with Crippen molar-refractivity contribution < 1.29 is 4.42 Å². The maximum atomic E-state index is 11.7. The molecule has 0 bridgehead atoms. The molecule has 2 aromatic heterocycles. The smallest absolute Gasteiger partial charge is 0.336 e. The summed E-state index contributed by atoms with van der Waals surface area (Å²) in [5, 5.41) is 2.02. The molecule has 0 unspecified atom stereocenters. The van der Waals surface area contributed by atoms with Crippen LogP contribution in [0.25, 0.3) is 33.0 Å². The predicted molar refractivity (Wildman–Crippen MR) is 97.3 cm³/mol. The number of hydrogen-bond donors (Lipinski definition) is 0. The molecule has 4 rings (SSSR count). The van der Waals surface area contributed by atoms with Gasteiger partial charge < -0.3 is 4.42 Å². The molecule has 2 aromatic carbocycles. The van der Waals surface area contributed by atoms with Gasteiger partial charge in [-0.25, -0.2) is 4.79 Å². The van der Waals surface area contributed by atoms with Gasteiger partial charge in [-0.05, 0) is 42.2 Å². The van der Waals surface area contributed by atoms with Gasteiger partial charge in [-0.15, -0.1) is 0 Å². The third-order valence-corrected chi connectivity index (χ3v) is 4.38. The molecule has 0 aliphatic rings. The first kappa shape index (κ1) is 14.6. The van der Waals surface area contributed by atoms with Crippen molar-refractivity contribution in [2.75, 3.05) is 0 Å². The summed E-state index contributed by atoms with van der Waals surface area (Å²) in [7, 11) is 0.